The average Bonchev–Trinajstić information content (AvgIpc) is 2.68. The SMILES string of the molecule is OC1/C(=C\c2ccccc2)Oc2ccc(Cl)cc21. The van der Waals surface area contributed by atoms with Crippen LogP contribution in [0.1, 0.15) is 17.2 Å². The van der Waals surface area contributed by atoms with Crippen LogP contribution in [0.5, 0.6) is 5.75 Å². The van der Waals surface area contributed by atoms with Crippen molar-refractivity contribution in [1.82, 2.24) is 0 Å². The van der Waals surface area contributed by atoms with Gasteiger partial charge in [0, 0.05) is 10.6 Å². The summed E-state index contributed by atoms with van der Waals surface area (Å²) < 4.78 is 5.63. The molecule has 1 N–H and O–H groups in total. The minimum Gasteiger partial charge on any atom is -0.458 e. The molecule has 0 spiro atoms. The Morgan fingerprint density at radius 3 is 2.67 bits per heavy atom. The number of aliphatic hydroxyl groups is 1. The first-order valence-electron chi connectivity index (χ1n) is 5.66. The lowest BCUT2D eigenvalue weighted by Gasteiger charge is -2.03. The fraction of sp³-hybridized carbons (Fsp3) is 0.0667. The van der Waals surface area contributed by atoms with Crippen LogP contribution in [0.4, 0.5) is 0 Å². The molecular weight excluding hydrogens is 248 g/mol. The molecule has 1 unspecified atom stereocenters. The van der Waals surface area contributed by atoms with Crippen molar-refractivity contribution in [3.8, 4) is 5.75 Å². The number of fused-ring (bicyclic) bond motifs is 1. The maximum absolute atomic E-state index is 10.2. The van der Waals surface area contributed by atoms with Gasteiger partial charge >= 0.3 is 0 Å². The summed E-state index contributed by atoms with van der Waals surface area (Å²) in [5.74, 6) is 1.19. The van der Waals surface area contributed by atoms with Gasteiger partial charge in [0.25, 0.3) is 0 Å². The van der Waals surface area contributed by atoms with Crippen molar-refractivity contribution in [2.24, 2.45) is 0 Å². The third-order valence-corrected chi connectivity index (χ3v) is 3.11. The Kier molecular flexibility index (Phi) is 2.82. The van der Waals surface area contributed by atoms with Crippen molar-refractivity contribution in [1.29, 1.82) is 0 Å². The van der Waals surface area contributed by atoms with Crippen molar-refractivity contribution in [2.75, 3.05) is 0 Å². The highest BCUT2D eigenvalue weighted by Crippen LogP contribution is 2.40. The summed E-state index contributed by atoms with van der Waals surface area (Å²) in [6.45, 7) is 0. The number of hydrogen-bond acceptors (Lipinski definition) is 2. The third-order valence-electron chi connectivity index (χ3n) is 2.87. The first-order chi connectivity index (χ1) is 8.74. The van der Waals surface area contributed by atoms with Crippen LogP contribution in [0.15, 0.2) is 54.3 Å². The Morgan fingerprint density at radius 1 is 1.11 bits per heavy atom. The summed E-state index contributed by atoms with van der Waals surface area (Å²) in [7, 11) is 0. The molecule has 0 aliphatic carbocycles. The molecule has 3 heteroatoms. The molecule has 0 radical (unpaired) electrons. The number of halogens is 1. The molecule has 0 amide bonds. The number of aliphatic hydroxyl groups excluding tert-OH is 1. The molecule has 1 aliphatic heterocycles. The predicted octanol–water partition coefficient (Wildman–Crippen LogP) is 3.81. The van der Waals surface area contributed by atoms with Gasteiger partial charge < -0.3 is 9.84 Å². The normalized spacial score (nSPS) is 19.7. The monoisotopic (exact) mass is 258 g/mol. The van der Waals surface area contributed by atoms with E-state index in [0.717, 1.165) is 5.56 Å². The maximum Gasteiger partial charge on any atom is 0.140 e. The zero-order valence-corrected chi connectivity index (χ0v) is 10.3. The zero-order valence-electron chi connectivity index (χ0n) is 9.51. The van der Waals surface area contributed by atoms with Gasteiger partial charge in [-0.3, -0.25) is 0 Å². The van der Waals surface area contributed by atoms with Crippen molar-refractivity contribution >= 4 is 17.7 Å². The number of benzene rings is 2. The van der Waals surface area contributed by atoms with Crippen molar-refractivity contribution < 1.29 is 9.84 Å². The highest BCUT2D eigenvalue weighted by molar-refractivity contribution is 6.30. The molecule has 2 nitrogen and oxygen atoms in total. The van der Waals surface area contributed by atoms with Gasteiger partial charge in [0.2, 0.25) is 0 Å². The second-order valence-electron chi connectivity index (χ2n) is 4.14. The molecular formula is C15H11ClO2. The zero-order chi connectivity index (χ0) is 12.5. The molecule has 0 saturated heterocycles. The molecule has 0 bridgehead atoms. The van der Waals surface area contributed by atoms with E-state index in [1.54, 1.807) is 18.2 Å². The molecule has 1 aliphatic rings. The maximum atomic E-state index is 10.2. The topological polar surface area (TPSA) is 29.5 Å². The first-order valence-corrected chi connectivity index (χ1v) is 6.04. The smallest absolute Gasteiger partial charge is 0.140 e. The van der Waals surface area contributed by atoms with E-state index in [9.17, 15) is 5.11 Å². The lowest BCUT2D eigenvalue weighted by atomic mass is 10.1. The van der Waals surface area contributed by atoms with Gasteiger partial charge in [0.1, 0.15) is 17.6 Å². The molecule has 18 heavy (non-hydrogen) atoms. The van der Waals surface area contributed by atoms with Gasteiger partial charge in [0.05, 0.1) is 0 Å². The van der Waals surface area contributed by atoms with E-state index < -0.39 is 6.10 Å². The van der Waals surface area contributed by atoms with Gasteiger partial charge in [-0.15, -0.1) is 0 Å². The van der Waals surface area contributed by atoms with Gasteiger partial charge in [-0.05, 0) is 29.8 Å². The Balaban J connectivity index is 1.97. The number of rotatable bonds is 1. The van der Waals surface area contributed by atoms with Crippen LogP contribution in [-0.2, 0) is 0 Å². The minimum atomic E-state index is -0.751. The lowest BCUT2D eigenvalue weighted by Crippen LogP contribution is -1.96. The average molecular weight is 259 g/mol. The lowest BCUT2D eigenvalue weighted by molar-refractivity contribution is 0.193. The summed E-state index contributed by atoms with van der Waals surface area (Å²) in [4.78, 5) is 0. The fourth-order valence-electron chi connectivity index (χ4n) is 1.98. The summed E-state index contributed by atoms with van der Waals surface area (Å²) in [5, 5.41) is 10.8. The van der Waals surface area contributed by atoms with Crippen LogP contribution in [0.2, 0.25) is 5.02 Å². The number of ether oxygens (including phenoxy) is 1. The van der Waals surface area contributed by atoms with Crippen molar-refractivity contribution in [3.63, 3.8) is 0 Å². The molecule has 1 heterocycles. The van der Waals surface area contributed by atoms with Crippen LogP contribution < -0.4 is 4.74 Å². The Bertz CT molecular complexity index is 605. The molecule has 2 aromatic rings. The van der Waals surface area contributed by atoms with Crippen molar-refractivity contribution in [2.45, 2.75) is 6.10 Å². The molecule has 0 fully saturated rings. The van der Waals surface area contributed by atoms with Crippen LogP contribution in [-0.4, -0.2) is 5.11 Å². The molecule has 3 rings (SSSR count). The molecule has 90 valence electrons. The quantitative estimate of drug-likeness (QED) is 0.843. The highest BCUT2D eigenvalue weighted by Gasteiger charge is 2.27. The summed E-state index contributed by atoms with van der Waals surface area (Å²) in [6.07, 6.45) is 1.08. The van der Waals surface area contributed by atoms with Gasteiger partial charge in [-0.25, -0.2) is 0 Å². The second kappa shape index (κ2) is 4.48. The van der Waals surface area contributed by atoms with Gasteiger partial charge in [-0.2, -0.15) is 0 Å². The third kappa shape index (κ3) is 2.01. The molecule has 0 saturated carbocycles. The van der Waals surface area contributed by atoms with Crippen LogP contribution in [0, 0.1) is 0 Å². The van der Waals surface area contributed by atoms with Crippen LogP contribution >= 0.6 is 11.6 Å². The summed E-state index contributed by atoms with van der Waals surface area (Å²) >= 11 is 5.91. The first kappa shape index (κ1) is 11.3. The van der Waals surface area contributed by atoms with Gasteiger partial charge in [0.15, 0.2) is 0 Å². The van der Waals surface area contributed by atoms with E-state index >= 15 is 0 Å². The second-order valence-corrected chi connectivity index (χ2v) is 4.58. The summed E-state index contributed by atoms with van der Waals surface area (Å²) in [5.41, 5.74) is 1.70. The highest BCUT2D eigenvalue weighted by atomic mass is 35.5. The van der Waals surface area contributed by atoms with E-state index in [4.69, 9.17) is 16.3 Å². The van der Waals surface area contributed by atoms with Crippen LogP contribution in [0.25, 0.3) is 6.08 Å². The number of hydrogen-bond donors (Lipinski definition) is 1. The van der Waals surface area contributed by atoms with Crippen LogP contribution in [0.3, 0.4) is 0 Å². The molecule has 2 aromatic carbocycles. The van der Waals surface area contributed by atoms with Crippen molar-refractivity contribution in [3.05, 3.63) is 70.4 Å². The standard InChI is InChI=1S/C15H11ClO2/c16-11-6-7-13-12(9-11)15(17)14(18-13)8-10-4-2-1-3-5-10/h1-9,15,17H/b14-8+. The molecule has 0 aromatic heterocycles. The Hall–Kier alpha value is -1.77. The van der Waals surface area contributed by atoms with E-state index in [1.165, 1.54) is 0 Å². The predicted molar refractivity (Wildman–Crippen MR) is 71.5 cm³/mol. The fourth-order valence-corrected chi connectivity index (χ4v) is 2.16. The van der Waals surface area contributed by atoms with E-state index in [-0.39, 0.29) is 0 Å². The van der Waals surface area contributed by atoms with E-state index in [0.29, 0.717) is 22.1 Å². The largest absolute Gasteiger partial charge is 0.458 e. The summed E-state index contributed by atoms with van der Waals surface area (Å²) in [6, 6.07) is 15.0. The minimum absolute atomic E-state index is 0.526. The van der Waals surface area contributed by atoms with E-state index in [1.807, 2.05) is 36.4 Å². The van der Waals surface area contributed by atoms with E-state index in [2.05, 4.69) is 0 Å². The van der Waals surface area contributed by atoms with Gasteiger partial charge in [-0.1, -0.05) is 41.9 Å². The molecule has 1 atom stereocenters. The Labute approximate surface area is 110 Å². The Morgan fingerprint density at radius 2 is 1.89 bits per heavy atom.